The molecule has 0 fully saturated rings. The molecule has 1 amide bonds. The highest BCUT2D eigenvalue weighted by atomic mass is 19.1. The van der Waals surface area contributed by atoms with Crippen molar-refractivity contribution in [2.45, 2.75) is 32.2 Å². The Hall–Kier alpha value is -1.89. The average Bonchev–Trinajstić information content (AvgIpc) is 2.34. The lowest BCUT2D eigenvalue weighted by molar-refractivity contribution is -0.121. The van der Waals surface area contributed by atoms with E-state index in [9.17, 15) is 9.18 Å². The van der Waals surface area contributed by atoms with E-state index in [4.69, 9.17) is 5.26 Å². The van der Waals surface area contributed by atoms with Crippen molar-refractivity contribution in [2.24, 2.45) is 0 Å². The van der Waals surface area contributed by atoms with Crippen LogP contribution in [0.2, 0.25) is 0 Å². The van der Waals surface area contributed by atoms with Crippen LogP contribution in [0.4, 0.5) is 4.39 Å². The van der Waals surface area contributed by atoms with Crippen LogP contribution in [-0.4, -0.2) is 5.91 Å². The van der Waals surface area contributed by atoms with Crippen LogP contribution in [0.3, 0.4) is 0 Å². The minimum Gasteiger partial charge on any atom is -0.337 e. The first-order chi connectivity index (χ1) is 8.19. The Morgan fingerprint density at radius 2 is 2.24 bits per heavy atom. The van der Waals surface area contributed by atoms with Gasteiger partial charge in [0.05, 0.1) is 6.07 Å². The van der Waals surface area contributed by atoms with Crippen LogP contribution in [0.1, 0.15) is 37.8 Å². The molecule has 0 aliphatic carbocycles. The molecule has 0 aliphatic heterocycles. The Morgan fingerprint density at radius 3 is 2.82 bits per heavy atom. The SMILES string of the molecule is CCCCC(=O)NC(C#N)c1ccccc1F. The fourth-order valence-corrected chi connectivity index (χ4v) is 1.46. The van der Waals surface area contributed by atoms with E-state index in [0.29, 0.717) is 6.42 Å². The number of halogens is 1. The molecule has 0 radical (unpaired) electrons. The van der Waals surface area contributed by atoms with Gasteiger partial charge in [-0.05, 0) is 12.5 Å². The zero-order valence-corrected chi connectivity index (χ0v) is 9.74. The van der Waals surface area contributed by atoms with Crippen molar-refractivity contribution >= 4 is 5.91 Å². The molecule has 3 nitrogen and oxygen atoms in total. The number of nitrogens with one attached hydrogen (secondary N) is 1. The van der Waals surface area contributed by atoms with E-state index in [0.717, 1.165) is 12.8 Å². The van der Waals surface area contributed by atoms with E-state index in [1.54, 1.807) is 12.1 Å². The van der Waals surface area contributed by atoms with Gasteiger partial charge in [0.25, 0.3) is 0 Å². The summed E-state index contributed by atoms with van der Waals surface area (Å²) >= 11 is 0. The largest absolute Gasteiger partial charge is 0.337 e. The maximum atomic E-state index is 13.4. The molecule has 0 saturated carbocycles. The summed E-state index contributed by atoms with van der Waals surface area (Å²) in [5, 5.41) is 11.5. The van der Waals surface area contributed by atoms with Gasteiger partial charge in [0.15, 0.2) is 0 Å². The third kappa shape index (κ3) is 3.87. The lowest BCUT2D eigenvalue weighted by Crippen LogP contribution is -2.27. The van der Waals surface area contributed by atoms with E-state index >= 15 is 0 Å². The number of nitriles is 1. The van der Waals surface area contributed by atoms with Crippen LogP contribution in [0.25, 0.3) is 0 Å². The molecule has 0 aliphatic rings. The molecule has 4 heteroatoms. The van der Waals surface area contributed by atoms with Gasteiger partial charge >= 0.3 is 0 Å². The highest BCUT2D eigenvalue weighted by molar-refractivity contribution is 5.76. The number of hydrogen-bond donors (Lipinski definition) is 1. The number of amides is 1. The van der Waals surface area contributed by atoms with E-state index in [1.165, 1.54) is 12.1 Å². The van der Waals surface area contributed by atoms with E-state index in [2.05, 4.69) is 5.32 Å². The fourth-order valence-electron chi connectivity index (χ4n) is 1.46. The molecule has 1 rings (SSSR count). The summed E-state index contributed by atoms with van der Waals surface area (Å²) in [6.07, 6.45) is 2.04. The maximum absolute atomic E-state index is 13.4. The summed E-state index contributed by atoms with van der Waals surface area (Å²) in [5.41, 5.74) is 0.208. The second-order valence-electron chi connectivity index (χ2n) is 3.75. The molecule has 1 aromatic rings. The number of carbonyl (C=O) groups is 1. The van der Waals surface area contributed by atoms with Crippen LogP contribution < -0.4 is 5.32 Å². The Morgan fingerprint density at radius 1 is 1.53 bits per heavy atom. The van der Waals surface area contributed by atoms with Gasteiger partial charge in [-0.3, -0.25) is 4.79 Å². The number of nitrogens with zero attached hydrogens (tertiary/aromatic N) is 1. The second-order valence-corrected chi connectivity index (χ2v) is 3.75. The van der Waals surface area contributed by atoms with Crippen molar-refractivity contribution in [3.05, 3.63) is 35.6 Å². The van der Waals surface area contributed by atoms with Gasteiger partial charge in [0.1, 0.15) is 11.9 Å². The molecular formula is C13H15FN2O. The lowest BCUT2D eigenvalue weighted by Gasteiger charge is -2.12. The molecule has 0 bridgehead atoms. The third-order valence-electron chi connectivity index (χ3n) is 2.41. The van der Waals surface area contributed by atoms with E-state index in [-0.39, 0.29) is 11.5 Å². The Balaban J connectivity index is 2.70. The van der Waals surface area contributed by atoms with Crippen molar-refractivity contribution in [2.75, 3.05) is 0 Å². The van der Waals surface area contributed by atoms with Crippen LogP contribution in [-0.2, 0) is 4.79 Å². The first-order valence-electron chi connectivity index (χ1n) is 5.62. The van der Waals surface area contributed by atoms with Crippen molar-refractivity contribution in [3.8, 4) is 6.07 Å². The first kappa shape index (κ1) is 13.2. The number of rotatable bonds is 5. The van der Waals surface area contributed by atoms with E-state index in [1.807, 2.05) is 13.0 Å². The number of benzene rings is 1. The molecule has 0 aromatic heterocycles. The zero-order chi connectivity index (χ0) is 12.7. The molecular weight excluding hydrogens is 219 g/mol. The van der Waals surface area contributed by atoms with Crippen molar-refractivity contribution in [1.82, 2.24) is 5.32 Å². The summed E-state index contributed by atoms with van der Waals surface area (Å²) < 4.78 is 13.4. The van der Waals surface area contributed by atoms with Crippen LogP contribution in [0.5, 0.6) is 0 Å². The van der Waals surface area contributed by atoms with Gasteiger partial charge in [-0.15, -0.1) is 0 Å². The summed E-state index contributed by atoms with van der Waals surface area (Å²) in [7, 11) is 0. The summed E-state index contributed by atoms with van der Waals surface area (Å²) in [6, 6.07) is 6.94. The quantitative estimate of drug-likeness (QED) is 0.851. The van der Waals surface area contributed by atoms with Crippen LogP contribution in [0.15, 0.2) is 24.3 Å². The van der Waals surface area contributed by atoms with E-state index < -0.39 is 11.9 Å². The fraction of sp³-hybridized carbons (Fsp3) is 0.385. The third-order valence-corrected chi connectivity index (χ3v) is 2.41. The Labute approximate surface area is 100 Å². The predicted molar refractivity (Wildman–Crippen MR) is 62.4 cm³/mol. The molecule has 1 N–H and O–H groups in total. The molecule has 0 spiro atoms. The highest BCUT2D eigenvalue weighted by Gasteiger charge is 2.16. The van der Waals surface area contributed by atoms with Crippen molar-refractivity contribution in [3.63, 3.8) is 0 Å². The van der Waals surface area contributed by atoms with Gasteiger partial charge in [0.2, 0.25) is 5.91 Å². The molecule has 0 heterocycles. The normalized spacial score (nSPS) is 11.6. The van der Waals surface area contributed by atoms with Gasteiger partial charge in [-0.25, -0.2) is 4.39 Å². The maximum Gasteiger partial charge on any atom is 0.221 e. The minimum atomic E-state index is -0.916. The molecule has 17 heavy (non-hydrogen) atoms. The molecule has 1 aromatic carbocycles. The number of unbranched alkanes of at least 4 members (excludes halogenated alkanes) is 1. The van der Waals surface area contributed by atoms with Crippen molar-refractivity contribution in [1.29, 1.82) is 5.26 Å². The average molecular weight is 234 g/mol. The van der Waals surface area contributed by atoms with Gasteiger partial charge in [-0.1, -0.05) is 31.5 Å². The first-order valence-corrected chi connectivity index (χ1v) is 5.62. The summed E-state index contributed by atoms with van der Waals surface area (Å²) in [4.78, 5) is 11.5. The standard InChI is InChI=1S/C13H15FN2O/c1-2-3-8-13(17)16-12(9-15)10-6-4-5-7-11(10)14/h4-7,12H,2-3,8H2,1H3,(H,16,17). The highest BCUT2D eigenvalue weighted by Crippen LogP contribution is 2.16. The van der Waals surface area contributed by atoms with Gasteiger partial charge < -0.3 is 5.32 Å². The smallest absolute Gasteiger partial charge is 0.221 e. The molecule has 90 valence electrons. The molecule has 0 saturated heterocycles. The lowest BCUT2D eigenvalue weighted by atomic mass is 10.1. The topological polar surface area (TPSA) is 52.9 Å². The van der Waals surface area contributed by atoms with Crippen LogP contribution >= 0.6 is 0 Å². The summed E-state index contributed by atoms with van der Waals surface area (Å²) in [6.45, 7) is 1.98. The molecule has 1 atom stereocenters. The number of carbonyl (C=O) groups excluding carboxylic acids is 1. The zero-order valence-electron chi connectivity index (χ0n) is 9.74. The Bertz CT molecular complexity index is 426. The van der Waals surface area contributed by atoms with Gasteiger partial charge in [-0.2, -0.15) is 5.26 Å². The van der Waals surface area contributed by atoms with Crippen LogP contribution in [0, 0.1) is 17.1 Å². The van der Waals surface area contributed by atoms with Crippen molar-refractivity contribution < 1.29 is 9.18 Å². The summed E-state index contributed by atoms with van der Waals surface area (Å²) in [5.74, 6) is -0.698. The molecule has 1 unspecified atom stereocenters. The monoisotopic (exact) mass is 234 g/mol. The van der Waals surface area contributed by atoms with Gasteiger partial charge in [0, 0.05) is 12.0 Å². The minimum absolute atomic E-state index is 0.208. The second kappa shape index (κ2) is 6.64. The predicted octanol–water partition coefficient (Wildman–Crippen LogP) is 2.70. The number of hydrogen-bond acceptors (Lipinski definition) is 2. The Kier molecular flexibility index (Phi) is 5.15.